The van der Waals surface area contributed by atoms with Gasteiger partial charge >= 0.3 is 5.97 Å². The Labute approximate surface area is 92.0 Å². The Kier molecular flexibility index (Phi) is 2.55. The van der Waals surface area contributed by atoms with E-state index >= 15 is 0 Å². The van der Waals surface area contributed by atoms with Crippen LogP contribution < -0.4 is 10.7 Å². The second-order valence-electron chi connectivity index (χ2n) is 2.94. The summed E-state index contributed by atoms with van der Waals surface area (Å²) in [6.45, 7) is 2.11. The number of carbonyl (C=O) groups is 1. The summed E-state index contributed by atoms with van der Waals surface area (Å²) in [6, 6.07) is 0. The lowest BCUT2D eigenvalue weighted by Gasteiger charge is -2.21. The van der Waals surface area contributed by atoms with E-state index in [0.717, 1.165) is 5.82 Å². The quantitative estimate of drug-likeness (QED) is 0.538. The van der Waals surface area contributed by atoms with Crippen LogP contribution in [0.15, 0.2) is 35.0 Å². The molecule has 0 fully saturated rings. The van der Waals surface area contributed by atoms with E-state index in [1.165, 1.54) is 0 Å². The van der Waals surface area contributed by atoms with Crippen molar-refractivity contribution in [2.45, 2.75) is 6.92 Å². The van der Waals surface area contributed by atoms with Gasteiger partial charge in [0.2, 0.25) is 0 Å². The number of nitrogens with one attached hydrogen (secondary N) is 2. The first kappa shape index (κ1) is 9.92. The number of hydrogen-bond donors (Lipinski definition) is 2. The van der Waals surface area contributed by atoms with Gasteiger partial charge in [0.15, 0.2) is 0 Å². The number of hydrogen-bond acceptors (Lipinski definition) is 5. The zero-order valence-electron chi connectivity index (χ0n) is 8.08. The molecule has 0 radical (unpaired) electrons. The number of rotatable bonds is 2. The van der Waals surface area contributed by atoms with Crippen LogP contribution in [0, 0.1) is 0 Å². The Morgan fingerprint density at radius 3 is 3.13 bits per heavy atom. The molecule has 0 bridgehead atoms. The molecule has 2 heterocycles. The number of esters is 1. The van der Waals surface area contributed by atoms with Gasteiger partial charge in [-0.2, -0.15) is 0 Å². The Morgan fingerprint density at radius 2 is 2.40 bits per heavy atom. The molecule has 0 aromatic rings. The van der Waals surface area contributed by atoms with Crippen molar-refractivity contribution < 1.29 is 9.53 Å². The molecule has 0 aromatic heterocycles. The molecule has 2 rings (SSSR count). The largest absolute Gasteiger partial charge is 0.461 e. The van der Waals surface area contributed by atoms with Crippen LogP contribution in [0.3, 0.4) is 0 Å². The van der Waals surface area contributed by atoms with E-state index in [4.69, 9.17) is 16.3 Å². The molecule has 2 N–H and O–H groups in total. The minimum Gasteiger partial charge on any atom is -0.461 e. The van der Waals surface area contributed by atoms with Crippen molar-refractivity contribution in [2.75, 3.05) is 6.61 Å². The maximum Gasteiger partial charge on any atom is 0.356 e. The maximum absolute atomic E-state index is 11.4. The lowest BCUT2D eigenvalue weighted by Crippen LogP contribution is -2.33. The van der Waals surface area contributed by atoms with Crippen LogP contribution in [0.5, 0.6) is 0 Å². The summed E-state index contributed by atoms with van der Waals surface area (Å²) in [4.78, 5) is 11.4. The number of nitrogens with zero attached hydrogens (tertiary/aromatic N) is 1. The highest BCUT2D eigenvalue weighted by atomic mass is 35.5. The van der Waals surface area contributed by atoms with Crippen LogP contribution in [0.4, 0.5) is 0 Å². The van der Waals surface area contributed by atoms with E-state index in [-0.39, 0.29) is 5.97 Å². The predicted molar refractivity (Wildman–Crippen MR) is 54.8 cm³/mol. The normalized spacial score (nSPS) is 18.0. The van der Waals surface area contributed by atoms with Crippen molar-refractivity contribution >= 4 is 17.6 Å². The number of allylic oxidation sites excluding steroid dienone is 2. The fourth-order valence-electron chi connectivity index (χ4n) is 1.26. The lowest BCUT2D eigenvalue weighted by molar-refractivity contribution is -0.138. The summed E-state index contributed by atoms with van der Waals surface area (Å²) in [7, 11) is 0. The van der Waals surface area contributed by atoms with E-state index < -0.39 is 0 Å². The second-order valence-corrected chi connectivity index (χ2v) is 3.34. The highest BCUT2D eigenvalue weighted by Crippen LogP contribution is 2.18. The second kappa shape index (κ2) is 3.86. The number of fused-ring (bicyclic) bond motifs is 1. The Balaban J connectivity index is 2.10. The minimum atomic E-state index is -0.384. The van der Waals surface area contributed by atoms with Crippen LogP contribution in [-0.4, -0.2) is 17.6 Å². The highest BCUT2D eigenvalue weighted by Gasteiger charge is 2.24. The first-order chi connectivity index (χ1) is 7.20. The van der Waals surface area contributed by atoms with Gasteiger partial charge in [0.1, 0.15) is 16.7 Å². The van der Waals surface area contributed by atoms with Gasteiger partial charge in [-0.05, 0) is 19.1 Å². The van der Waals surface area contributed by atoms with Gasteiger partial charge in [0, 0.05) is 0 Å². The van der Waals surface area contributed by atoms with Gasteiger partial charge in [-0.15, -0.1) is 0 Å². The third-order valence-electron chi connectivity index (χ3n) is 1.89. The third-order valence-corrected chi connectivity index (χ3v) is 2.10. The van der Waals surface area contributed by atoms with Crippen LogP contribution in [0.1, 0.15) is 6.92 Å². The average molecular weight is 228 g/mol. The molecule has 5 nitrogen and oxygen atoms in total. The Bertz CT molecular complexity index is 387. The van der Waals surface area contributed by atoms with Crippen molar-refractivity contribution in [3.05, 3.63) is 35.0 Å². The highest BCUT2D eigenvalue weighted by molar-refractivity contribution is 6.29. The number of halogens is 1. The maximum atomic E-state index is 11.4. The minimum absolute atomic E-state index is 0.351. The molecular weight excluding hydrogens is 218 g/mol. The molecule has 0 saturated carbocycles. The molecule has 0 saturated heterocycles. The van der Waals surface area contributed by atoms with E-state index in [1.54, 1.807) is 30.3 Å². The summed E-state index contributed by atoms with van der Waals surface area (Å²) >= 11 is 5.76. The van der Waals surface area contributed by atoms with Crippen molar-refractivity contribution in [2.24, 2.45) is 0 Å². The average Bonchev–Trinajstić information content (AvgIpc) is 2.60. The fraction of sp³-hybridized carbons (Fsp3) is 0.222. The molecular formula is C9H10ClN3O2. The van der Waals surface area contributed by atoms with Gasteiger partial charge in [-0.3, -0.25) is 5.43 Å². The van der Waals surface area contributed by atoms with Gasteiger partial charge in [0.05, 0.1) is 12.8 Å². The summed E-state index contributed by atoms with van der Waals surface area (Å²) in [5, 5.41) is 5.01. The van der Waals surface area contributed by atoms with Crippen LogP contribution >= 0.6 is 11.6 Å². The predicted octanol–water partition coefficient (Wildman–Crippen LogP) is 0.736. The fourth-order valence-corrected chi connectivity index (χ4v) is 1.41. The van der Waals surface area contributed by atoms with Gasteiger partial charge in [0.25, 0.3) is 0 Å². The zero-order chi connectivity index (χ0) is 10.8. The van der Waals surface area contributed by atoms with E-state index in [2.05, 4.69) is 10.7 Å². The summed E-state index contributed by atoms with van der Waals surface area (Å²) in [5.41, 5.74) is 3.23. The van der Waals surface area contributed by atoms with Gasteiger partial charge in [-0.25, -0.2) is 9.80 Å². The van der Waals surface area contributed by atoms with E-state index in [9.17, 15) is 4.79 Å². The van der Waals surface area contributed by atoms with Crippen molar-refractivity contribution in [1.29, 1.82) is 0 Å². The molecule has 0 spiro atoms. The van der Waals surface area contributed by atoms with Crippen LogP contribution in [0.25, 0.3) is 0 Å². The molecule has 80 valence electrons. The van der Waals surface area contributed by atoms with Crippen molar-refractivity contribution in [1.82, 2.24) is 15.8 Å². The first-order valence-corrected chi connectivity index (χ1v) is 4.88. The molecule has 0 amide bonds. The smallest absolute Gasteiger partial charge is 0.356 e. The number of carbonyl (C=O) groups excluding carboxylic acids is 1. The molecule has 0 unspecified atom stereocenters. The third kappa shape index (κ3) is 1.92. The van der Waals surface area contributed by atoms with E-state index in [1.807, 2.05) is 0 Å². The lowest BCUT2D eigenvalue weighted by atomic mass is 10.4. The Morgan fingerprint density at radius 1 is 1.60 bits per heavy atom. The summed E-state index contributed by atoms with van der Waals surface area (Å²) < 4.78 is 4.86. The Hall–Kier alpha value is -1.62. The molecule has 2 aliphatic rings. The van der Waals surface area contributed by atoms with Crippen molar-refractivity contribution in [3.63, 3.8) is 0 Å². The monoisotopic (exact) mass is 227 g/mol. The first-order valence-electron chi connectivity index (χ1n) is 4.50. The van der Waals surface area contributed by atoms with Crippen LogP contribution in [0.2, 0.25) is 0 Å². The van der Waals surface area contributed by atoms with Crippen LogP contribution in [-0.2, 0) is 9.53 Å². The van der Waals surface area contributed by atoms with Gasteiger partial charge < -0.3 is 10.1 Å². The summed E-state index contributed by atoms with van der Waals surface area (Å²) in [5.74, 6) is 0.355. The molecule has 15 heavy (non-hydrogen) atoms. The summed E-state index contributed by atoms with van der Waals surface area (Å²) in [6.07, 6.45) is 5.06. The number of ether oxygens (including phenoxy) is 1. The molecule has 0 aliphatic carbocycles. The van der Waals surface area contributed by atoms with E-state index in [0.29, 0.717) is 17.5 Å². The molecule has 0 aromatic carbocycles. The number of hydrazine groups is 1. The SMILES string of the molecule is CCOC(=O)C1=CN2NC(Cl)=CC=C2N1. The standard InChI is InChI=1S/C9H10ClN3O2/c1-2-15-9(14)6-5-13-8(11-6)4-3-7(10)12-13/h3-5,11-12H,2H2,1H3. The topological polar surface area (TPSA) is 53.6 Å². The molecule has 2 aliphatic heterocycles. The molecule has 6 heteroatoms. The zero-order valence-corrected chi connectivity index (χ0v) is 8.84. The molecule has 0 atom stereocenters. The van der Waals surface area contributed by atoms with Crippen molar-refractivity contribution in [3.8, 4) is 0 Å². The van der Waals surface area contributed by atoms with Gasteiger partial charge in [-0.1, -0.05) is 11.6 Å².